The second-order valence-electron chi connectivity index (χ2n) is 7.38. The van der Waals surface area contributed by atoms with Crippen LogP contribution in [0.5, 0.6) is 0 Å². The monoisotopic (exact) mass is 395 g/mol. The molecule has 158 valence electrons. The van der Waals surface area contributed by atoms with Crippen molar-refractivity contribution < 1.29 is 8.78 Å². The number of halogens is 2. The predicted octanol–water partition coefficient (Wildman–Crippen LogP) is 2.83. The third-order valence-corrected chi connectivity index (χ3v) is 5.25. The van der Waals surface area contributed by atoms with Gasteiger partial charge in [-0.3, -0.25) is 9.89 Å². The fourth-order valence-corrected chi connectivity index (χ4v) is 3.60. The van der Waals surface area contributed by atoms with Gasteiger partial charge >= 0.3 is 0 Å². The van der Waals surface area contributed by atoms with Crippen LogP contribution < -0.4 is 10.6 Å². The molecule has 1 fully saturated rings. The highest BCUT2D eigenvalue weighted by molar-refractivity contribution is 5.79. The van der Waals surface area contributed by atoms with E-state index in [1.54, 1.807) is 13.1 Å². The summed E-state index contributed by atoms with van der Waals surface area (Å²) in [6.45, 7) is 11.0. The Hall–Kier alpha value is -1.73. The molecule has 7 heteroatoms. The zero-order valence-corrected chi connectivity index (χ0v) is 17.5. The van der Waals surface area contributed by atoms with Gasteiger partial charge in [0.25, 0.3) is 0 Å². The number of guanidine groups is 1. The molecule has 2 N–H and O–H groups in total. The molecule has 0 spiro atoms. The molecule has 0 amide bonds. The van der Waals surface area contributed by atoms with E-state index < -0.39 is 11.6 Å². The zero-order chi connectivity index (χ0) is 20.4. The second-order valence-corrected chi connectivity index (χ2v) is 7.38. The van der Waals surface area contributed by atoms with Gasteiger partial charge in [0.15, 0.2) is 17.6 Å². The first-order valence-corrected chi connectivity index (χ1v) is 10.4. The largest absolute Gasteiger partial charge is 0.355 e. The van der Waals surface area contributed by atoms with Crippen LogP contribution in [0.25, 0.3) is 0 Å². The standard InChI is InChI=1S/C21H35F2N5/c1-4-11-27(5-2)14-10-25-21(24-3)26-18-8-12-28(13-9-18)16-17-6-7-19(22)20(23)15-17/h6-7,15,18H,4-5,8-14,16H2,1-3H3,(H2,24,25,26). The molecule has 0 atom stereocenters. The molecular weight excluding hydrogens is 360 g/mol. The first-order chi connectivity index (χ1) is 13.5. The van der Waals surface area contributed by atoms with Gasteiger partial charge in [0, 0.05) is 45.8 Å². The van der Waals surface area contributed by atoms with E-state index in [1.165, 1.54) is 18.6 Å². The lowest BCUT2D eigenvalue weighted by Gasteiger charge is -2.33. The summed E-state index contributed by atoms with van der Waals surface area (Å²) < 4.78 is 26.4. The molecular formula is C21H35F2N5. The smallest absolute Gasteiger partial charge is 0.191 e. The van der Waals surface area contributed by atoms with Crippen molar-refractivity contribution in [3.63, 3.8) is 0 Å². The maximum atomic E-state index is 13.4. The Labute approximate surface area is 168 Å². The Morgan fingerprint density at radius 3 is 2.54 bits per heavy atom. The predicted molar refractivity (Wildman–Crippen MR) is 112 cm³/mol. The van der Waals surface area contributed by atoms with E-state index in [0.29, 0.717) is 12.6 Å². The van der Waals surface area contributed by atoms with Crippen LogP contribution in [0.15, 0.2) is 23.2 Å². The van der Waals surface area contributed by atoms with Crippen molar-refractivity contribution in [1.29, 1.82) is 0 Å². The molecule has 1 aromatic carbocycles. The summed E-state index contributed by atoms with van der Waals surface area (Å²) in [6, 6.07) is 4.54. The van der Waals surface area contributed by atoms with Crippen molar-refractivity contribution in [2.24, 2.45) is 4.99 Å². The minimum Gasteiger partial charge on any atom is -0.355 e. The molecule has 2 rings (SSSR count). The zero-order valence-electron chi connectivity index (χ0n) is 17.5. The van der Waals surface area contributed by atoms with Gasteiger partial charge in [-0.2, -0.15) is 0 Å². The second kappa shape index (κ2) is 12.0. The average molecular weight is 396 g/mol. The SMILES string of the molecule is CCCN(CC)CCNC(=NC)NC1CCN(Cc2ccc(F)c(F)c2)CC1. The fraction of sp³-hybridized carbons (Fsp3) is 0.667. The van der Waals surface area contributed by atoms with Crippen LogP contribution in [-0.2, 0) is 6.54 Å². The maximum absolute atomic E-state index is 13.4. The molecule has 0 saturated carbocycles. The van der Waals surface area contributed by atoms with Crippen LogP contribution in [-0.4, -0.2) is 68.1 Å². The highest BCUT2D eigenvalue weighted by Crippen LogP contribution is 2.15. The summed E-state index contributed by atoms with van der Waals surface area (Å²) in [5, 5.41) is 6.92. The number of likely N-dealkylation sites (tertiary alicyclic amines) is 1. The van der Waals surface area contributed by atoms with E-state index in [0.717, 1.165) is 63.6 Å². The lowest BCUT2D eigenvalue weighted by atomic mass is 10.0. The molecule has 5 nitrogen and oxygen atoms in total. The number of aliphatic imine (C=N–C) groups is 1. The summed E-state index contributed by atoms with van der Waals surface area (Å²) >= 11 is 0. The number of nitrogens with one attached hydrogen (secondary N) is 2. The van der Waals surface area contributed by atoms with Crippen molar-refractivity contribution in [3.8, 4) is 0 Å². The van der Waals surface area contributed by atoms with Gasteiger partial charge in [-0.05, 0) is 50.0 Å². The normalized spacial score (nSPS) is 16.6. The van der Waals surface area contributed by atoms with E-state index >= 15 is 0 Å². The number of hydrogen-bond acceptors (Lipinski definition) is 3. The third-order valence-electron chi connectivity index (χ3n) is 5.25. The Kier molecular flexibility index (Phi) is 9.64. The number of benzene rings is 1. The van der Waals surface area contributed by atoms with Crippen LogP contribution in [0.3, 0.4) is 0 Å². The minimum absolute atomic E-state index is 0.380. The summed E-state index contributed by atoms with van der Waals surface area (Å²) in [5.74, 6) is -0.710. The highest BCUT2D eigenvalue weighted by Gasteiger charge is 2.20. The first kappa shape index (κ1) is 22.6. The van der Waals surface area contributed by atoms with E-state index in [1.807, 2.05) is 0 Å². The number of nitrogens with zero attached hydrogens (tertiary/aromatic N) is 3. The van der Waals surface area contributed by atoms with E-state index in [9.17, 15) is 8.78 Å². The van der Waals surface area contributed by atoms with E-state index in [-0.39, 0.29) is 0 Å². The molecule has 0 aliphatic carbocycles. The highest BCUT2D eigenvalue weighted by atomic mass is 19.2. The van der Waals surface area contributed by atoms with Crippen molar-refractivity contribution in [2.75, 3.05) is 46.3 Å². The molecule has 1 aliphatic heterocycles. The molecule has 28 heavy (non-hydrogen) atoms. The van der Waals surface area contributed by atoms with Gasteiger partial charge in [0.2, 0.25) is 0 Å². The Morgan fingerprint density at radius 1 is 1.18 bits per heavy atom. The van der Waals surface area contributed by atoms with Gasteiger partial charge in [0.1, 0.15) is 0 Å². The number of hydrogen-bond donors (Lipinski definition) is 2. The lowest BCUT2D eigenvalue weighted by Crippen LogP contribution is -2.49. The molecule has 1 heterocycles. The average Bonchev–Trinajstić information content (AvgIpc) is 2.70. The first-order valence-electron chi connectivity index (χ1n) is 10.4. The fourth-order valence-electron chi connectivity index (χ4n) is 3.60. The van der Waals surface area contributed by atoms with Gasteiger partial charge < -0.3 is 15.5 Å². The molecule has 1 aromatic rings. The van der Waals surface area contributed by atoms with Crippen LogP contribution in [0.4, 0.5) is 8.78 Å². The van der Waals surface area contributed by atoms with Crippen molar-refractivity contribution in [2.45, 2.75) is 45.7 Å². The van der Waals surface area contributed by atoms with Crippen LogP contribution >= 0.6 is 0 Å². The molecule has 0 radical (unpaired) electrons. The van der Waals surface area contributed by atoms with Gasteiger partial charge in [-0.15, -0.1) is 0 Å². The number of likely N-dealkylation sites (N-methyl/N-ethyl adjacent to an activating group) is 1. The summed E-state index contributed by atoms with van der Waals surface area (Å²) in [4.78, 5) is 9.05. The van der Waals surface area contributed by atoms with Gasteiger partial charge in [-0.1, -0.05) is 19.9 Å². The summed E-state index contributed by atoms with van der Waals surface area (Å²) in [5.41, 5.74) is 0.815. The van der Waals surface area contributed by atoms with Crippen LogP contribution in [0.2, 0.25) is 0 Å². The van der Waals surface area contributed by atoms with Crippen LogP contribution in [0.1, 0.15) is 38.7 Å². The van der Waals surface area contributed by atoms with Gasteiger partial charge in [-0.25, -0.2) is 8.78 Å². The molecule has 0 aromatic heterocycles. The quantitative estimate of drug-likeness (QED) is 0.498. The molecule has 1 saturated heterocycles. The number of piperidine rings is 1. The van der Waals surface area contributed by atoms with E-state index in [2.05, 4.69) is 39.3 Å². The third kappa shape index (κ3) is 7.36. The maximum Gasteiger partial charge on any atom is 0.191 e. The Morgan fingerprint density at radius 2 is 1.93 bits per heavy atom. The Balaban J connectivity index is 1.70. The molecule has 0 unspecified atom stereocenters. The Bertz CT molecular complexity index is 615. The van der Waals surface area contributed by atoms with Gasteiger partial charge in [0.05, 0.1) is 0 Å². The topological polar surface area (TPSA) is 42.9 Å². The minimum atomic E-state index is -0.790. The van der Waals surface area contributed by atoms with Crippen molar-refractivity contribution >= 4 is 5.96 Å². The lowest BCUT2D eigenvalue weighted by molar-refractivity contribution is 0.198. The molecule has 0 bridgehead atoms. The van der Waals surface area contributed by atoms with E-state index in [4.69, 9.17) is 0 Å². The number of rotatable bonds is 9. The molecule has 1 aliphatic rings. The van der Waals surface area contributed by atoms with Crippen molar-refractivity contribution in [3.05, 3.63) is 35.4 Å². The summed E-state index contributed by atoms with van der Waals surface area (Å²) in [6.07, 6.45) is 3.17. The summed E-state index contributed by atoms with van der Waals surface area (Å²) in [7, 11) is 1.80. The van der Waals surface area contributed by atoms with Crippen LogP contribution in [0, 0.1) is 11.6 Å². The van der Waals surface area contributed by atoms with Crippen molar-refractivity contribution in [1.82, 2.24) is 20.4 Å².